The average Bonchev–Trinajstić information content (AvgIpc) is 2.78. The van der Waals surface area contributed by atoms with Gasteiger partial charge in [0.15, 0.2) is 0 Å². The van der Waals surface area contributed by atoms with Crippen molar-refractivity contribution < 1.29 is 5.11 Å². The summed E-state index contributed by atoms with van der Waals surface area (Å²) in [6, 6.07) is 2.17. The van der Waals surface area contributed by atoms with E-state index in [1.54, 1.807) is 11.3 Å². The molecule has 1 unspecified atom stereocenters. The molecule has 1 fully saturated rings. The summed E-state index contributed by atoms with van der Waals surface area (Å²) < 4.78 is 0. The number of likely N-dealkylation sites (N-methyl/N-ethyl adjacent to an activating group) is 1. The van der Waals surface area contributed by atoms with Crippen molar-refractivity contribution in [3.8, 4) is 0 Å². The summed E-state index contributed by atoms with van der Waals surface area (Å²) in [6.45, 7) is 0. The van der Waals surface area contributed by atoms with Gasteiger partial charge in [-0.1, -0.05) is 25.7 Å². The lowest BCUT2D eigenvalue weighted by molar-refractivity contribution is -0.0221. The zero-order valence-electron chi connectivity index (χ0n) is 12.3. The molecule has 0 spiro atoms. The van der Waals surface area contributed by atoms with Gasteiger partial charge < -0.3 is 10.0 Å². The molecule has 2 nitrogen and oxygen atoms in total. The van der Waals surface area contributed by atoms with Crippen LogP contribution in [-0.4, -0.2) is 35.7 Å². The highest BCUT2D eigenvalue weighted by molar-refractivity contribution is 7.07. The summed E-state index contributed by atoms with van der Waals surface area (Å²) in [5, 5.41) is 15.1. The summed E-state index contributed by atoms with van der Waals surface area (Å²) in [5.74, 6) is 0. The van der Waals surface area contributed by atoms with Gasteiger partial charge in [-0.05, 0) is 62.2 Å². The van der Waals surface area contributed by atoms with E-state index in [2.05, 4.69) is 35.8 Å². The van der Waals surface area contributed by atoms with Gasteiger partial charge in [0.25, 0.3) is 0 Å². The Morgan fingerprint density at radius 1 is 1.26 bits per heavy atom. The molecule has 1 aromatic rings. The molecule has 3 heteroatoms. The van der Waals surface area contributed by atoms with E-state index in [1.165, 1.54) is 31.2 Å². The van der Waals surface area contributed by atoms with Crippen LogP contribution in [0, 0.1) is 0 Å². The van der Waals surface area contributed by atoms with Gasteiger partial charge in [0.1, 0.15) is 0 Å². The first-order valence-corrected chi connectivity index (χ1v) is 8.46. The maximum Gasteiger partial charge on any atom is 0.0726 e. The number of nitrogens with zero attached hydrogens (tertiary/aromatic N) is 1. The molecule has 1 aliphatic rings. The molecule has 1 N–H and O–H groups in total. The lowest BCUT2D eigenvalue weighted by atomic mass is 9.81. The monoisotopic (exact) mass is 281 g/mol. The van der Waals surface area contributed by atoms with Crippen LogP contribution in [0.15, 0.2) is 16.8 Å². The van der Waals surface area contributed by atoms with Gasteiger partial charge in [-0.15, -0.1) is 0 Å². The molecule has 0 aliphatic heterocycles. The molecule has 1 aliphatic carbocycles. The molecule has 0 aromatic carbocycles. The third kappa shape index (κ3) is 3.59. The first-order chi connectivity index (χ1) is 9.15. The Kier molecular flexibility index (Phi) is 5.43. The van der Waals surface area contributed by atoms with E-state index >= 15 is 0 Å². The van der Waals surface area contributed by atoms with Crippen LogP contribution >= 0.6 is 11.3 Å². The van der Waals surface area contributed by atoms with Gasteiger partial charge in [0.2, 0.25) is 0 Å². The Morgan fingerprint density at radius 3 is 2.47 bits per heavy atom. The van der Waals surface area contributed by atoms with Crippen molar-refractivity contribution in [1.29, 1.82) is 0 Å². The van der Waals surface area contributed by atoms with Gasteiger partial charge in [-0.2, -0.15) is 11.3 Å². The molecule has 108 valence electrons. The van der Waals surface area contributed by atoms with E-state index in [0.717, 1.165) is 25.7 Å². The third-order valence-corrected chi connectivity index (χ3v) is 5.50. The molecule has 0 bridgehead atoms. The van der Waals surface area contributed by atoms with E-state index in [0.29, 0.717) is 0 Å². The third-order valence-electron chi connectivity index (χ3n) is 4.77. The maximum absolute atomic E-state index is 10.8. The number of aliphatic hydroxyl groups is 1. The Hall–Kier alpha value is -0.380. The highest BCUT2D eigenvalue weighted by Gasteiger charge is 2.39. The molecule has 0 saturated heterocycles. The minimum atomic E-state index is -0.208. The van der Waals surface area contributed by atoms with Gasteiger partial charge in [-0.3, -0.25) is 0 Å². The van der Waals surface area contributed by atoms with Crippen LogP contribution in [0.25, 0.3) is 0 Å². The zero-order valence-corrected chi connectivity index (χ0v) is 13.1. The second-order valence-electron chi connectivity index (χ2n) is 6.10. The number of thiophene rings is 1. The SMILES string of the molecule is CN(C)C1(C(O)CCc2ccsc2)CCCCCC1. The Labute approximate surface area is 121 Å². The van der Waals surface area contributed by atoms with Crippen molar-refractivity contribution in [2.75, 3.05) is 14.1 Å². The fourth-order valence-electron chi connectivity index (χ4n) is 3.43. The lowest BCUT2D eigenvalue weighted by Crippen LogP contribution is -2.53. The van der Waals surface area contributed by atoms with Crippen LogP contribution in [0.5, 0.6) is 0 Å². The van der Waals surface area contributed by atoms with Crippen molar-refractivity contribution in [2.24, 2.45) is 0 Å². The van der Waals surface area contributed by atoms with Crippen LogP contribution in [-0.2, 0) is 6.42 Å². The number of aryl methyl sites for hydroxylation is 1. The highest BCUT2D eigenvalue weighted by atomic mass is 32.1. The van der Waals surface area contributed by atoms with Crippen molar-refractivity contribution in [3.63, 3.8) is 0 Å². The Balaban J connectivity index is 2.00. The van der Waals surface area contributed by atoms with Crippen molar-refractivity contribution in [1.82, 2.24) is 4.90 Å². The largest absolute Gasteiger partial charge is 0.391 e. The normalized spacial score (nSPS) is 21.3. The van der Waals surface area contributed by atoms with Gasteiger partial charge >= 0.3 is 0 Å². The fourth-order valence-corrected chi connectivity index (χ4v) is 4.13. The van der Waals surface area contributed by atoms with E-state index in [-0.39, 0.29) is 11.6 Å². The Morgan fingerprint density at radius 2 is 1.95 bits per heavy atom. The first-order valence-electron chi connectivity index (χ1n) is 7.52. The molecule has 1 saturated carbocycles. The van der Waals surface area contributed by atoms with E-state index in [4.69, 9.17) is 0 Å². The molecule has 1 heterocycles. The van der Waals surface area contributed by atoms with Crippen molar-refractivity contribution >= 4 is 11.3 Å². The minimum absolute atomic E-state index is 0.00647. The maximum atomic E-state index is 10.8. The summed E-state index contributed by atoms with van der Waals surface area (Å²) in [7, 11) is 4.28. The summed E-state index contributed by atoms with van der Waals surface area (Å²) >= 11 is 1.74. The van der Waals surface area contributed by atoms with Crippen LogP contribution in [0.1, 0.15) is 50.5 Å². The second-order valence-corrected chi connectivity index (χ2v) is 6.88. The van der Waals surface area contributed by atoms with Crippen molar-refractivity contribution in [3.05, 3.63) is 22.4 Å². The Bertz CT molecular complexity index is 353. The summed E-state index contributed by atoms with van der Waals surface area (Å²) in [5.41, 5.74) is 1.37. The quantitative estimate of drug-likeness (QED) is 0.832. The van der Waals surface area contributed by atoms with Gasteiger partial charge in [0.05, 0.1) is 6.10 Å². The molecule has 0 radical (unpaired) electrons. The number of aliphatic hydroxyl groups excluding tert-OH is 1. The van der Waals surface area contributed by atoms with Gasteiger partial charge in [0, 0.05) is 5.54 Å². The molecular formula is C16H27NOS. The van der Waals surface area contributed by atoms with E-state index in [1.807, 2.05) is 0 Å². The zero-order chi connectivity index (χ0) is 13.7. The predicted octanol–water partition coefficient (Wildman–Crippen LogP) is 3.70. The summed E-state index contributed by atoms with van der Waals surface area (Å²) in [6.07, 6.45) is 9.13. The second kappa shape index (κ2) is 6.87. The molecule has 1 aromatic heterocycles. The average molecular weight is 281 g/mol. The van der Waals surface area contributed by atoms with E-state index < -0.39 is 0 Å². The first kappa shape index (κ1) is 15.0. The van der Waals surface area contributed by atoms with Gasteiger partial charge in [-0.25, -0.2) is 0 Å². The van der Waals surface area contributed by atoms with Crippen LogP contribution in [0.4, 0.5) is 0 Å². The van der Waals surface area contributed by atoms with Crippen LogP contribution in [0.2, 0.25) is 0 Å². The topological polar surface area (TPSA) is 23.5 Å². The number of hydrogen-bond acceptors (Lipinski definition) is 3. The molecule has 2 rings (SSSR count). The highest BCUT2D eigenvalue weighted by Crippen LogP contribution is 2.35. The number of rotatable bonds is 5. The molecule has 1 atom stereocenters. The van der Waals surface area contributed by atoms with Crippen LogP contribution in [0.3, 0.4) is 0 Å². The van der Waals surface area contributed by atoms with Crippen molar-refractivity contribution in [2.45, 2.75) is 63.0 Å². The predicted molar refractivity (Wildman–Crippen MR) is 82.8 cm³/mol. The molecule has 0 amide bonds. The van der Waals surface area contributed by atoms with E-state index in [9.17, 15) is 5.11 Å². The molecular weight excluding hydrogens is 254 g/mol. The van der Waals surface area contributed by atoms with Crippen LogP contribution < -0.4 is 0 Å². The fraction of sp³-hybridized carbons (Fsp3) is 0.750. The summed E-state index contributed by atoms with van der Waals surface area (Å²) in [4.78, 5) is 2.29. The minimum Gasteiger partial charge on any atom is -0.391 e. The lowest BCUT2D eigenvalue weighted by Gasteiger charge is -2.43. The standard InChI is InChI=1S/C16H27NOS/c1-17(2)16(10-5-3-4-6-11-16)15(18)8-7-14-9-12-19-13-14/h9,12-13,15,18H,3-8,10-11H2,1-2H3. The smallest absolute Gasteiger partial charge is 0.0726 e. The molecule has 19 heavy (non-hydrogen) atoms. The number of hydrogen-bond donors (Lipinski definition) is 1.